The number of rotatable bonds is 2. The standard InChI is InChI=1S/C5H8N2/c1-7-5-3-2-4-6/h2-6H,1H3/b3-2-,6-4?,7-5?. The number of aliphatic imine (C=N–C) groups is 1. The summed E-state index contributed by atoms with van der Waals surface area (Å²) in [6, 6.07) is 0. The molecule has 2 heteroatoms. The summed E-state index contributed by atoms with van der Waals surface area (Å²) in [5, 5.41) is 6.51. The van der Waals surface area contributed by atoms with Crippen LogP contribution in [-0.4, -0.2) is 19.5 Å². The van der Waals surface area contributed by atoms with Crippen molar-refractivity contribution in [2.45, 2.75) is 0 Å². The van der Waals surface area contributed by atoms with Gasteiger partial charge in [0.1, 0.15) is 0 Å². The van der Waals surface area contributed by atoms with E-state index < -0.39 is 0 Å². The first kappa shape index (κ1) is 6.08. The third-order valence-electron chi connectivity index (χ3n) is 0.442. The Morgan fingerprint density at radius 3 is 2.57 bits per heavy atom. The van der Waals surface area contributed by atoms with Gasteiger partial charge in [0, 0.05) is 19.5 Å². The lowest BCUT2D eigenvalue weighted by Crippen LogP contribution is -1.61. The number of hydrogen-bond acceptors (Lipinski definition) is 2. The monoisotopic (exact) mass is 96.1 g/mol. The van der Waals surface area contributed by atoms with Crippen LogP contribution in [0, 0.1) is 5.41 Å². The zero-order valence-corrected chi connectivity index (χ0v) is 4.26. The van der Waals surface area contributed by atoms with Crippen LogP contribution in [0.25, 0.3) is 0 Å². The van der Waals surface area contributed by atoms with E-state index in [1.54, 1.807) is 25.4 Å². The second-order valence-electron chi connectivity index (χ2n) is 0.959. The van der Waals surface area contributed by atoms with E-state index in [0.29, 0.717) is 0 Å². The first-order chi connectivity index (χ1) is 3.41. The minimum atomic E-state index is 1.21. The molecule has 0 fully saturated rings. The van der Waals surface area contributed by atoms with Gasteiger partial charge in [0.25, 0.3) is 0 Å². The highest BCUT2D eigenvalue weighted by Crippen LogP contribution is 1.59. The van der Waals surface area contributed by atoms with Crippen LogP contribution in [-0.2, 0) is 0 Å². The van der Waals surface area contributed by atoms with Crippen molar-refractivity contribution in [3.63, 3.8) is 0 Å². The molecule has 0 saturated heterocycles. The van der Waals surface area contributed by atoms with E-state index in [0.717, 1.165) is 0 Å². The second-order valence-corrected chi connectivity index (χ2v) is 0.959. The van der Waals surface area contributed by atoms with Crippen molar-refractivity contribution >= 4 is 12.4 Å². The van der Waals surface area contributed by atoms with Crippen molar-refractivity contribution in [2.75, 3.05) is 7.05 Å². The van der Waals surface area contributed by atoms with Crippen molar-refractivity contribution in [1.29, 1.82) is 5.41 Å². The summed E-state index contributed by atoms with van der Waals surface area (Å²) in [4.78, 5) is 3.66. The van der Waals surface area contributed by atoms with E-state index in [1.807, 2.05) is 0 Å². The third kappa shape index (κ3) is 5.08. The van der Waals surface area contributed by atoms with Gasteiger partial charge in [0.2, 0.25) is 0 Å². The summed E-state index contributed by atoms with van der Waals surface area (Å²) in [6.07, 6.45) is 6.15. The zero-order valence-electron chi connectivity index (χ0n) is 4.26. The molecule has 0 saturated carbocycles. The molecule has 0 atom stereocenters. The van der Waals surface area contributed by atoms with Gasteiger partial charge in [0.15, 0.2) is 0 Å². The Bertz CT molecular complexity index is 92.3. The maximum Gasteiger partial charge on any atom is 0.0277 e. The molecule has 0 aromatic rings. The molecule has 0 bridgehead atoms. The molecule has 0 rings (SSSR count). The lowest BCUT2D eigenvalue weighted by Gasteiger charge is -1.64. The first-order valence-corrected chi connectivity index (χ1v) is 1.99. The van der Waals surface area contributed by atoms with E-state index in [-0.39, 0.29) is 0 Å². The van der Waals surface area contributed by atoms with Gasteiger partial charge in [-0.15, -0.1) is 0 Å². The molecule has 0 aliphatic heterocycles. The molecule has 2 nitrogen and oxygen atoms in total. The minimum Gasteiger partial charge on any atom is -0.309 e. The molecular formula is C5H8N2. The SMILES string of the molecule is CN=C/C=C\C=N. The molecule has 0 aromatic heterocycles. The number of nitrogens with one attached hydrogen (secondary N) is 1. The second kappa shape index (κ2) is 5.08. The quantitative estimate of drug-likeness (QED) is 0.496. The van der Waals surface area contributed by atoms with Crippen molar-refractivity contribution in [3.8, 4) is 0 Å². The fourth-order valence-corrected chi connectivity index (χ4v) is 0.191. The molecule has 0 aromatic carbocycles. The lowest BCUT2D eigenvalue weighted by atomic mass is 10.5. The summed E-state index contributed by atoms with van der Waals surface area (Å²) >= 11 is 0. The molecule has 0 radical (unpaired) electrons. The topological polar surface area (TPSA) is 36.2 Å². The van der Waals surface area contributed by atoms with Crippen LogP contribution < -0.4 is 0 Å². The van der Waals surface area contributed by atoms with E-state index in [2.05, 4.69) is 4.99 Å². The Balaban J connectivity index is 3.27. The molecule has 7 heavy (non-hydrogen) atoms. The zero-order chi connectivity index (χ0) is 5.54. The van der Waals surface area contributed by atoms with Gasteiger partial charge in [-0.3, -0.25) is 4.99 Å². The van der Waals surface area contributed by atoms with Gasteiger partial charge in [-0.05, 0) is 12.2 Å². The van der Waals surface area contributed by atoms with Gasteiger partial charge in [-0.25, -0.2) is 0 Å². The van der Waals surface area contributed by atoms with Gasteiger partial charge >= 0.3 is 0 Å². The Morgan fingerprint density at radius 2 is 2.14 bits per heavy atom. The predicted molar refractivity (Wildman–Crippen MR) is 32.3 cm³/mol. The van der Waals surface area contributed by atoms with Crippen LogP contribution in [0.5, 0.6) is 0 Å². The average molecular weight is 96.1 g/mol. The van der Waals surface area contributed by atoms with Crippen LogP contribution in [0.15, 0.2) is 17.1 Å². The van der Waals surface area contributed by atoms with Gasteiger partial charge in [0.05, 0.1) is 0 Å². The highest BCUT2D eigenvalue weighted by Gasteiger charge is 1.53. The van der Waals surface area contributed by atoms with E-state index in [4.69, 9.17) is 5.41 Å². The minimum absolute atomic E-state index is 1.21. The van der Waals surface area contributed by atoms with Crippen LogP contribution in [0.1, 0.15) is 0 Å². The van der Waals surface area contributed by atoms with Crippen molar-refractivity contribution in [1.82, 2.24) is 0 Å². The molecule has 0 heterocycles. The van der Waals surface area contributed by atoms with Crippen molar-refractivity contribution in [2.24, 2.45) is 4.99 Å². The molecular weight excluding hydrogens is 88.1 g/mol. The van der Waals surface area contributed by atoms with Gasteiger partial charge in [-0.2, -0.15) is 0 Å². The molecule has 0 spiro atoms. The Morgan fingerprint density at radius 1 is 1.43 bits per heavy atom. The first-order valence-electron chi connectivity index (χ1n) is 1.99. The average Bonchev–Trinajstić information content (AvgIpc) is 1.69. The number of hydrogen-bond donors (Lipinski definition) is 1. The lowest BCUT2D eigenvalue weighted by molar-refractivity contribution is 1.48. The Kier molecular flexibility index (Phi) is 4.41. The fraction of sp³-hybridized carbons (Fsp3) is 0.200. The predicted octanol–water partition coefficient (Wildman–Crippen LogP) is 0.893. The smallest absolute Gasteiger partial charge is 0.0277 e. The van der Waals surface area contributed by atoms with Gasteiger partial charge < -0.3 is 5.41 Å². The largest absolute Gasteiger partial charge is 0.309 e. The van der Waals surface area contributed by atoms with Crippen LogP contribution in [0.4, 0.5) is 0 Å². The fourth-order valence-electron chi connectivity index (χ4n) is 0.191. The highest BCUT2D eigenvalue weighted by atomic mass is 14.6. The Hall–Kier alpha value is -0.920. The summed E-state index contributed by atoms with van der Waals surface area (Å²) in [5.74, 6) is 0. The molecule has 38 valence electrons. The van der Waals surface area contributed by atoms with Crippen LogP contribution >= 0.6 is 0 Å². The highest BCUT2D eigenvalue weighted by molar-refractivity contribution is 5.79. The maximum absolute atomic E-state index is 6.51. The summed E-state index contributed by atoms with van der Waals surface area (Å²) in [6.45, 7) is 0. The summed E-state index contributed by atoms with van der Waals surface area (Å²) in [7, 11) is 1.69. The molecule has 0 amide bonds. The number of nitrogens with zero attached hydrogens (tertiary/aromatic N) is 1. The molecule has 1 N–H and O–H groups in total. The van der Waals surface area contributed by atoms with E-state index in [1.165, 1.54) is 6.21 Å². The summed E-state index contributed by atoms with van der Waals surface area (Å²) < 4.78 is 0. The maximum atomic E-state index is 6.51. The van der Waals surface area contributed by atoms with Crippen LogP contribution in [0.2, 0.25) is 0 Å². The number of allylic oxidation sites excluding steroid dienone is 2. The van der Waals surface area contributed by atoms with E-state index >= 15 is 0 Å². The molecule has 0 aliphatic carbocycles. The van der Waals surface area contributed by atoms with Gasteiger partial charge in [-0.1, -0.05) is 0 Å². The summed E-state index contributed by atoms with van der Waals surface area (Å²) in [5.41, 5.74) is 0. The van der Waals surface area contributed by atoms with Crippen LogP contribution in [0.3, 0.4) is 0 Å². The molecule has 0 unspecified atom stereocenters. The van der Waals surface area contributed by atoms with E-state index in [9.17, 15) is 0 Å². The molecule has 0 aliphatic rings. The van der Waals surface area contributed by atoms with Crippen molar-refractivity contribution < 1.29 is 0 Å². The Labute approximate surface area is 43.1 Å². The van der Waals surface area contributed by atoms with Crippen molar-refractivity contribution in [3.05, 3.63) is 12.2 Å². The third-order valence-corrected chi connectivity index (χ3v) is 0.442. The normalized spacial score (nSPS) is 11.0.